The molecule has 2 aromatic carbocycles. The van der Waals surface area contributed by atoms with Crippen LogP contribution >= 0.6 is 0 Å². The number of hydrogen-bond acceptors (Lipinski definition) is 5. The number of Topliss-reactive ketones (excluding diaryl/α,β-unsaturated/α-hetero) is 1. The van der Waals surface area contributed by atoms with Gasteiger partial charge in [0.2, 0.25) is 0 Å². The zero-order valence-corrected chi connectivity index (χ0v) is 17.0. The van der Waals surface area contributed by atoms with Crippen molar-refractivity contribution in [1.29, 1.82) is 0 Å². The highest BCUT2D eigenvalue weighted by molar-refractivity contribution is 6.02. The predicted octanol–water partition coefficient (Wildman–Crippen LogP) is 3.14. The van der Waals surface area contributed by atoms with Crippen LogP contribution in [0.3, 0.4) is 0 Å². The maximum atomic E-state index is 12.9. The van der Waals surface area contributed by atoms with Crippen molar-refractivity contribution in [3.05, 3.63) is 60.2 Å². The molecule has 156 valence electrons. The summed E-state index contributed by atoms with van der Waals surface area (Å²) in [5.74, 6) is 0.435. The molecule has 0 aliphatic carbocycles. The lowest BCUT2D eigenvalue weighted by molar-refractivity contribution is -0.120. The third-order valence-electron chi connectivity index (χ3n) is 5.35. The van der Waals surface area contributed by atoms with Crippen LogP contribution in [0.25, 0.3) is 0 Å². The number of para-hydroxylation sites is 2. The van der Waals surface area contributed by atoms with E-state index in [4.69, 9.17) is 9.47 Å². The molecule has 0 N–H and O–H groups in total. The predicted molar refractivity (Wildman–Crippen MR) is 110 cm³/mol. The fourth-order valence-electron chi connectivity index (χ4n) is 4.08. The summed E-state index contributed by atoms with van der Waals surface area (Å²) in [5.41, 5.74) is 0.534. The van der Waals surface area contributed by atoms with E-state index in [1.165, 1.54) is 4.90 Å². The molecule has 0 unspecified atom stereocenters. The number of rotatable bonds is 4. The van der Waals surface area contributed by atoms with E-state index >= 15 is 0 Å². The topological polar surface area (TPSA) is 76.2 Å². The van der Waals surface area contributed by atoms with Crippen LogP contribution in [0.15, 0.2) is 54.6 Å². The number of hydrogen-bond donors (Lipinski definition) is 0. The first-order valence-corrected chi connectivity index (χ1v) is 10.1. The third-order valence-corrected chi connectivity index (χ3v) is 5.35. The highest BCUT2D eigenvalue weighted by atomic mass is 16.6. The summed E-state index contributed by atoms with van der Waals surface area (Å²) in [7, 11) is 0. The molecule has 0 bridgehead atoms. The molecule has 2 fully saturated rings. The van der Waals surface area contributed by atoms with Crippen LogP contribution in [0.2, 0.25) is 0 Å². The van der Waals surface area contributed by atoms with E-state index in [0.29, 0.717) is 30.0 Å². The molecule has 0 saturated carbocycles. The second-order valence-corrected chi connectivity index (χ2v) is 7.74. The summed E-state index contributed by atoms with van der Waals surface area (Å²) in [6.45, 7) is 4.13. The molecule has 4 rings (SSSR count). The molecular weight excluding hydrogens is 384 g/mol. The Morgan fingerprint density at radius 2 is 1.63 bits per heavy atom. The molecule has 2 aromatic rings. The number of carbonyl (C=O) groups is 3. The van der Waals surface area contributed by atoms with Crippen LogP contribution in [0.5, 0.6) is 11.5 Å². The minimum atomic E-state index is -0.677. The molecule has 2 amide bonds. The molecule has 7 heteroatoms. The summed E-state index contributed by atoms with van der Waals surface area (Å²) in [4.78, 5) is 41.5. The smallest absolute Gasteiger partial charge is 0.416 e. The number of nitrogens with zero attached hydrogens (tertiary/aromatic N) is 2. The van der Waals surface area contributed by atoms with E-state index in [1.54, 1.807) is 53.4 Å². The van der Waals surface area contributed by atoms with Crippen molar-refractivity contribution in [2.75, 3.05) is 13.1 Å². The first kappa shape index (κ1) is 19.9. The van der Waals surface area contributed by atoms with Gasteiger partial charge in [-0.3, -0.25) is 14.5 Å². The van der Waals surface area contributed by atoms with E-state index in [2.05, 4.69) is 0 Å². The number of amides is 2. The van der Waals surface area contributed by atoms with Gasteiger partial charge < -0.3 is 14.4 Å². The molecule has 2 aliphatic rings. The normalized spacial score (nSPS) is 20.4. The van der Waals surface area contributed by atoms with E-state index < -0.39 is 12.1 Å². The van der Waals surface area contributed by atoms with E-state index in [0.717, 1.165) is 0 Å². The van der Waals surface area contributed by atoms with Gasteiger partial charge in [-0.1, -0.05) is 30.3 Å². The third kappa shape index (κ3) is 3.75. The Labute approximate surface area is 175 Å². The number of ether oxygens (including phenoxy) is 2. The lowest BCUT2D eigenvalue weighted by Crippen LogP contribution is -2.44. The monoisotopic (exact) mass is 408 g/mol. The average molecular weight is 408 g/mol. The van der Waals surface area contributed by atoms with Gasteiger partial charge in [-0.15, -0.1) is 0 Å². The zero-order chi connectivity index (χ0) is 21.3. The molecule has 2 aliphatic heterocycles. The Bertz CT molecular complexity index is 959. The standard InChI is InChI=1S/C23H24N2O5/c1-15(2)29-19-10-6-7-11-20(19)30-23(28)24-13-12-17-21(24)18(26)14-25(17)22(27)16-8-4-3-5-9-16/h3-11,15,17,21H,12-14H2,1-2H3/t17-,21+/m1/s1. The van der Waals surface area contributed by atoms with E-state index in [1.807, 2.05) is 19.9 Å². The van der Waals surface area contributed by atoms with Crippen molar-refractivity contribution >= 4 is 17.8 Å². The average Bonchev–Trinajstić information content (AvgIpc) is 3.31. The summed E-state index contributed by atoms with van der Waals surface area (Å²) >= 11 is 0. The molecule has 0 aromatic heterocycles. The SMILES string of the molecule is CC(C)Oc1ccccc1OC(=O)N1CC[C@@H]2[C@H]1C(=O)CN2C(=O)c1ccccc1. The Morgan fingerprint density at radius 3 is 2.33 bits per heavy atom. The van der Waals surface area contributed by atoms with Crippen molar-refractivity contribution < 1.29 is 23.9 Å². The Balaban J connectivity index is 1.49. The minimum absolute atomic E-state index is 0.000111. The van der Waals surface area contributed by atoms with Crippen molar-refractivity contribution in [2.24, 2.45) is 0 Å². The fourth-order valence-corrected chi connectivity index (χ4v) is 4.08. The molecular formula is C23H24N2O5. The van der Waals surface area contributed by atoms with Crippen molar-refractivity contribution in [2.45, 2.75) is 38.5 Å². The largest absolute Gasteiger partial charge is 0.487 e. The molecule has 7 nitrogen and oxygen atoms in total. The van der Waals surface area contributed by atoms with E-state index in [9.17, 15) is 14.4 Å². The van der Waals surface area contributed by atoms with Crippen LogP contribution in [0.1, 0.15) is 30.6 Å². The van der Waals surface area contributed by atoms with Gasteiger partial charge in [-0.2, -0.15) is 0 Å². The van der Waals surface area contributed by atoms with Gasteiger partial charge in [0.15, 0.2) is 17.3 Å². The molecule has 0 spiro atoms. The maximum absolute atomic E-state index is 12.9. The Kier molecular flexibility index (Phi) is 5.44. The van der Waals surface area contributed by atoms with Gasteiger partial charge in [-0.25, -0.2) is 4.79 Å². The molecule has 30 heavy (non-hydrogen) atoms. The first-order valence-electron chi connectivity index (χ1n) is 10.1. The molecule has 0 radical (unpaired) electrons. The number of carbonyl (C=O) groups excluding carboxylic acids is 3. The number of fused-ring (bicyclic) bond motifs is 1. The van der Waals surface area contributed by atoms with Crippen molar-refractivity contribution in [1.82, 2.24) is 9.80 Å². The van der Waals surface area contributed by atoms with Crippen molar-refractivity contribution in [3.8, 4) is 11.5 Å². The van der Waals surface area contributed by atoms with Gasteiger partial charge in [0.05, 0.1) is 18.7 Å². The van der Waals surface area contributed by atoms with Gasteiger partial charge in [0, 0.05) is 12.1 Å². The second-order valence-electron chi connectivity index (χ2n) is 7.74. The Hall–Kier alpha value is -3.35. The zero-order valence-electron chi connectivity index (χ0n) is 17.0. The van der Waals surface area contributed by atoms with Crippen LogP contribution in [0.4, 0.5) is 4.79 Å². The van der Waals surface area contributed by atoms with Crippen LogP contribution < -0.4 is 9.47 Å². The summed E-state index contributed by atoms with van der Waals surface area (Å²) in [5, 5.41) is 0. The fraction of sp³-hybridized carbons (Fsp3) is 0.348. The lowest BCUT2D eigenvalue weighted by atomic mass is 10.1. The van der Waals surface area contributed by atoms with E-state index in [-0.39, 0.29) is 30.4 Å². The molecule has 2 saturated heterocycles. The minimum Gasteiger partial charge on any atom is -0.487 e. The first-order chi connectivity index (χ1) is 14.5. The Morgan fingerprint density at radius 1 is 0.967 bits per heavy atom. The van der Waals surface area contributed by atoms with Crippen LogP contribution in [0, 0.1) is 0 Å². The van der Waals surface area contributed by atoms with Crippen molar-refractivity contribution in [3.63, 3.8) is 0 Å². The molecule has 2 atom stereocenters. The molecule has 2 heterocycles. The highest BCUT2D eigenvalue weighted by Gasteiger charge is 2.52. The van der Waals surface area contributed by atoms with Gasteiger partial charge >= 0.3 is 6.09 Å². The lowest BCUT2D eigenvalue weighted by Gasteiger charge is -2.24. The van der Waals surface area contributed by atoms with Gasteiger partial charge in [-0.05, 0) is 44.5 Å². The van der Waals surface area contributed by atoms with Crippen LogP contribution in [-0.2, 0) is 4.79 Å². The van der Waals surface area contributed by atoms with Gasteiger partial charge in [0.1, 0.15) is 6.04 Å². The maximum Gasteiger partial charge on any atom is 0.416 e. The quantitative estimate of drug-likeness (QED) is 0.777. The number of benzene rings is 2. The highest BCUT2D eigenvalue weighted by Crippen LogP contribution is 2.33. The summed E-state index contributed by atoms with van der Waals surface area (Å²) in [6, 6.07) is 14.8. The number of likely N-dealkylation sites (tertiary alicyclic amines) is 2. The number of ketones is 1. The van der Waals surface area contributed by atoms with Crippen LogP contribution in [-0.4, -0.2) is 58.9 Å². The second kappa shape index (κ2) is 8.18. The van der Waals surface area contributed by atoms with Gasteiger partial charge in [0.25, 0.3) is 5.91 Å². The summed E-state index contributed by atoms with van der Waals surface area (Å²) < 4.78 is 11.3. The summed E-state index contributed by atoms with van der Waals surface area (Å²) in [6.07, 6.45) is -0.145.